The number of imidazole rings is 1. The molecule has 42 heavy (non-hydrogen) atoms. The molecule has 5 atom stereocenters. The Balaban J connectivity index is 1.37. The van der Waals surface area contributed by atoms with E-state index in [1.807, 2.05) is 27.7 Å². The molecule has 1 aliphatic rings. The Morgan fingerprint density at radius 3 is 2.38 bits per heavy atom. The highest BCUT2D eigenvalue weighted by molar-refractivity contribution is 7.55. The van der Waals surface area contributed by atoms with Crippen molar-refractivity contribution in [3.8, 4) is 0 Å². The van der Waals surface area contributed by atoms with Crippen molar-refractivity contribution in [2.45, 2.75) is 155 Å². The third-order valence-electron chi connectivity index (χ3n) is 7.89. The van der Waals surface area contributed by atoms with Gasteiger partial charge in [-0.25, -0.2) is 20.0 Å². The second-order valence-electron chi connectivity index (χ2n) is 12.4. The normalized spacial score (nSPS) is 21.8. The molecule has 3 heterocycles. The van der Waals surface area contributed by atoms with Crippen molar-refractivity contribution in [2.24, 2.45) is 0 Å². The van der Waals surface area contributed by atoms with Crippen molar-refractivity contribution in [1.29, 1.82) is 0 Å². The Kier molecular flexibility index (Phi) is 14.1. The molecule has 1 saturated heterocycles. The molecule has 0 radical (unpaired) electrons. The number of anilines is 1. The van der Waals surface area contributed by atoms with Crippen LogP contribution in [0.2, 0.25) is 0 Å². The Hall–Kier alpha value is -1.62. The summed E-state index contributed by atoms with van der Waals surface area (Å²) in [5.41, 5.74) is 6.98. The molecule has 2 aromatic heterocycles. The first-order valence-corrected chi connectivity index (χ1v) is 17.8. The van der Waals surface area contributed by atoms with E-state index in [4.69, 9.17) is 19.9 Å². The number of nitrogen functional groups attached to an aromatic ring is 1. The van der Waals surface area contributed by atoms with E-state index >= 15 is 0 Å². The van der Waals surface area contributed by atoms with Crippen LogP contribution in [0.15, 0.2) is 12.7 Å². The Labute approximate surface area is 252 Å². The zero-order valence-electron chi connectivity index (χ0n) is 26.5. The third-order valence-corrected chi connectivity index (χ3v) is 9.20. The van der Waals surface area contributed by atoms with Gasteiger partial charge in [-0.1, -0.05) is 77.6 Å². The Morgan fingerprint density at radius 2 is 1.71 bits per heavy atom. The fraction of sp³-hybridized carbons (Fsp3) is 0.833. The number of nitrogens with two attached hydrogens (primary N) is 1. The smallest absolute Gasteiger partial charge is 0.292 e. The highest BCUT2D eigenvalue weighted by Gasteiger charge is 2.39. The summed E-state index contributed by atoms with van der Waals surface area (Å²) in [5, 5.41) is 2.90. The summed E-state index contributed by atoms with van der Waals surface area (Å²) < 4.78 is 33.0. The van der Waals surface area contributed by atoms with E-state index in [0.717, 1.165) is 12.8 Å². The topological polar surface area (TPSA) is 147 Å². The van der Waals surface area contributed by atoms with E-state index in [0.29, 0.717) is 29.9 Å². The molecule has 0 amide bonds. The van der Waals surface area contributed by atoms with Crippen LogP contribution in [0.3, 0.4) is 0 Å². The lowest BCUT2D eigenvalue weighted by Crippen LogP contribution is -2.51. The lowest BCUT2D eigenvalue weighted by atomic mass is 9.98. The molecule has 0 saturated carbocycles. The minimum absolute atomic E-state index is 0.0683. The van der Waals surface area contributed by atoms with Crippen LogP contribution in [0.4, 0.5) is 5.82 Å². The van der Waals surface area contributed by atoms with Crippen LogP contribution < -0.4 is 10.8 Å². The lowest BCUT2D eigenvalue weighted by molar-refractivity contribution is -0.303. The molecular weight excluding hydrogens is 555 g/mol. The maximum absolute atomic E-state index is 13.0. The molecule has 1 fully saturated rings. The second-order valence-corrected chi connectivity index (χ2v) is 14.3. The van der Waals surface area contributed by atoms with Gasteiger partial charge in [0.2, 0.25) is 0 Å². The summed E-state index contributed by atoms with van der Waals surface area (Å²) in [5.74, 6) is -0.434. The fourth-order valence-corrected chi connectivity index (χ4v) is 7.03. The van der Waals surface area contributed by atoms with E-state index in [1.165, 1.54) is 70.5 Å². The van der Waals surface area contributed by atoms with Crippen LogP contribution in [0.5, 0.6) is 0 Å². The molecule has 0 aromatic carbocycles. The Bertz CT molecular complexity index is 1120. The quantitative estimate of drug-likeness (QED) is 0.111. The van der Waals surface area contributed by atoms with Gasteiger partial charge in [0.05, 0.1) is 31.2 Å². The van der Waals surface area contributed by atoms with Crippen LogP contribution in [-0.2, 0) is 25.3 Å². The van der Waals surface area contributed by atoms with E-state index in [-0.39, 0.29) is 30.7 Å². The molecule has 0 bridgehead atoms. The summed E-state index contributed by atoms with van der Waals surface area (Å²) in [6.45, 7) is 10.2. The highest BCUT2D eigenvalue weighted by Crippen LogP contribution is 2.39. The van der Waals surface area contributed by atoms with Crippen molar-refractivity contribution in [3.05, 3.63) is 12.7 Å². The first-order chi connectivity index (χ1) is 20.0. The predicted octanol–water partition coefficient (Wildman–Crippen LogP) is 6.55. The minimum Gasteiger partial charge on any atom is -0.382 e. The van der Waals surface area contributed by atoms with Gasteiger partial charge in [0.25, 0.3) is 7.52 Å². The first kappa shape index (κ1) is 34.9. The summed E-state index contributed by atoms with van der Waals surface area (Å²) in [6.07, 6.45) is 18.2. The number of fused-ring (bicyclic) bond motifs is 1. The average molecular weight is 611 g/mol. The van der Waals surface area contributed by atoms with Crippen molar-refractivity contribution in [3.63, 3.8) is 0 Å². The summed E-state index contributed by atoms with van der Waals surface area (Å²) in [4.78, 5) is 23.1. The molecule has 1 aliphatic heterocycles. The number of unbranched alkanes of at least 4 members (excludes halogenated alkanes) is 10. The van der Waals surface area contributed by atoms with Crippen LogP contribution in [-0.4, -0.2) is 60.9 Å². The summed E-state index contributed by atoms with van der Waals surface area (Å²) in [7, 11) is -3.79. The van der Waals surface area contributed by atoms with Gasteiger partial charge in [-0.05, 0) is 34.1 Å². The minimum atomic E-state index is -3.79. The van der Waals surface area contributed by atoms with E-state index in [1.54, 1.807) is 10.9 Å². The van der Waals surface area contributed by atoms with E-state index < -0.39 is 13.3 Å². The first-order valence-electron chi connectivity index (χ1n) is 16.0. The standard InChI is InChI=1S/C30H55N6O5P/c1-6-7-8-9-10-11-12-13-14-15-16-17-25-18-26(41-30(4,5)40-25)24(3)35-42(37,38)22-39-23(2)19-36-21-34-27-28(31)32-20-33-29(27)36/h20-21,23-26H,6-19,22H2,1-5H3,(H2,31,32,33)(H2,35,37,38)/t23-,24+,25+,26+/m1/s1. The summed E-state index contributed by atoms with van der Waals surface area (Å²) in [6, 6.07) is -0.347. The third kappa shape index (κ3) is 11.8. The van der Waals surface area contributed by atoms with Gasteiger partial charge in [-0.3, -0.25) is 4.57 Å². The number of hydrogen-bond acceptors (Lipinski definition) is 8. The number of nitrogens with one attached hydrogen (secondary N) is 1. The van der Waals surface area contributed by atoms with Gasteiger partial charge in [0.15, 0.2) is 17.3 Å². The van der Waals surface area contributed by atoms with Crippen LogP contribution in [0, 0.1) is 0 Å². The number of ether oxygens (including phenoxy) is 3. The van der Waals surface area contributed by atoms with E-state index in [9.17, 15) is 9.46 Å². The molecule has 1 unspecified atom stereocenters. The predicted molar refractivity (Wildman–Crippen MR) is 167 cm³/mol. The maximum atomic E-state index is 13.0. The number of nitrogens with zero attached hydrogens (tertiary/aromatic N) is 4. The van der Waals surface area contributed by atoms with Crippen LogP contribution >= 0.6 is 7.52 Å². The van der Waals surface area contributed by atoms with Crippen molar-refractivity contribution < 1.29 is 23.7 Å². The fourth-order valence-electron chi connectivity index (χ4n) is 5.70. The number of aromatic nitrogens is 4. The SMILES string of the molecule is CCCCCCCCCCCCC[C@H]1C[C@@H]([C@H](C)NP(=O)(O)CO[C@H](C)Cn2cnc3c(N)ncnc32)OC(C)(C)O1. The second kappa shape index (κ2) is 17.0. The molecule has 240 valence electrons. The van der Waals surface area contributed by atoms with Crippen molar-refractivity contribution >= 4 is 24.5 Å². The zero-order valence-corrected chi connectivity index (χ0v) is 27.4. The lowest BCUT2D eigenvalue weighted by Gasteiger charge is -2.43. The summed E-state index contributed by atoms with van der Waals surface area (Å²) >= 11 is 0. The molecule has 11 nitrogen and oxygen atoms in total. The molecule has 0 aliphatic carbocycles. The van der Waals surface area contributed by atoms with Crippen LogP contribution in [0.1, 0.15) is 118 Å². The number of hydrogen-bond donors (Lipinski definition) is 3. The van der Waals surface area contributed by atoms with E-state index in [2.05, 4.69) is 27.0 Å². The van der Waals surface area contributed by atoms with Gasteiger partial charge in [-0.2, -0.15) is 0 Å². The molecule has 3 rings (SSSR count). The number of rotatable bonds is 20. The van der Waals surface area contributed by atoms with Gasteiger partial charge < -0.3 is 29.4 Å². The Morgan fingerprint density at radius 1 is 1.07 bits per heavy atom. The molecule has 4 N–H and O–H groups in total. The van der Waals surface area contributed by atoms with Gasteiger partial charge >= 0.3 is 0 Å². The van der Waals surface area contributed by atoms with Crippen LogP contribution in [0.25, 0.3) is 11.2 Å². The van der Waals surface area contributed by atoms with Crippen molar-refractivity contribution in [2.75, 3.05) is 12.1 Å². The molecular formula is C30H55N6O5P. The van der Waals surface area contributed by atoms with Gasteiger partial charge in [0, 0.05) is 12.5 Å². The van der Waals surface area contributed by atoms with Crippen molar-refractivity contribution in [1.82, 2.24) is 24.6 Å². The highest BCUT2D eigenvalue weighted by atomic mass is 31.2. The largest absolute Gasteiger partial charge is 0.382 e. The average Bonchev–Trinajstić information content (AvgIpc) is 3.33. The molecule has 0 spiro atoms. The maximum Gasteiger partial charge on any atom is 0.292 e. The molecule has 12 heteroatoms. The van der Waals surface area contributed by atoms with Gasteiger partial charge in [0.1, 0.15) is 18.2 Å². The zero-order chi connectivity index (χ0) is 30.6. The van der Waals surface area contributed by atoms with Gasteiger partial charge in [-0.15, -0.1) is 0 Å². The monoisotopic (exact) mass is 610 g/mol. The molecule has 2 aromatic rings.